The molecule has 1 saturated heterocycles. The lowest BCUT2D eigenvalue weighted by molar-refractivity contribution is -0.0691. The fraction of sp³-hybridized carbons (Fsp3) is 0.647. The lowest BCUT2D eigenvalue weighted by atomic mass is 9.83. The summed E-state index contributed by atoms with van der Waals surface area (Å²) in [5.41, 5.74) is 7.43. The maximum absolute atomic E-state index is 6.16. The van der Waals surface area contributed by atoms with Gasteiger partial charge < -0.3 is 10.5 Å². The number of hydrogen-bond acceptors (Lipinski definition) is 3. The van der Waals surface area contributed by atoms with Crippen molar-refractivity contribution in [1.82, 2.24) is 4.90 Å². The van der Waals surface area contributed by atoms with E-state index in [1.165, 1.54) is 5.56 Å². The third kappa shape index (κ3) is 4.19. The molecule has 3 nitrogen and oxygen atoms in total. The molecular formula is C17H27ClN2O. The predicted molar refractivity (Wildman–Crippen MR) is 88.6 cm³/mol. The molecule has 0 radical (unpaired) electrons. The number of nitrogens with zero attached hydrogens (tertiary/aromatic N) is 1. The molecule has 1 fully saturated rings. The van der Waals surface area contributed by atoms with E-state index >= 15 is 0 Å². The molecule has 0 bridgehead atoms. The molecule has 1 aliphatic heterocycles. The van der Waals surface area contributed by atoms with Crippen LogP contribution in [0, 0.1) is 0 Å². The minimum atomic E-state index is 0.0421. The normalized spacial score (nSPS) is 26.2. The van der Waals surface area contributed by atoms with Gasteiger partial charge in [-0.25, -0.2) is 0 Å². The van der Waals surface area contributed by atoms with Crippen molar-refractivity contribution in [2.45, 2.75) is 50.8 Å². The summed E-state index contributed by atoms with van der Waals surface area (Å²) in [4.78, 5) is 2.39. The smallest absolute Gasteiger partial charge is 0.0593 e. The topological polar surface area (TPSA) is 38.5 Å². The molecule has 1 aromatic rings. The van der Waals surface area contributed by atoms with Crippen LogP contribution in [0.1, 0.15) is 38.2 Å². The Hall–Kier alpha value is -0.610. The first-order chi connectivity index (χ1) is 10.1. The van der Waals surface area contributed by atoms with Gasteiger partial charge in [-0.1, -0.05) is 37.1 Å². The highest BCUT2D eigenvalue weighted by Gasteiger charge is 2.38. The zero-order valence-electron chi connectivity index (χ0n) is 13.1. The molecule has 2 atom stereocenters. The van der Waals surface area contributed by atoms with Gasteiger partial charge in [0.15, 0.2) is 0 Å². The monoisotopic (exact) mass is 310 g/mol. The van der Waals surface area contributed by atoms with E-state index in [0.717, 1.165) is 43.9 Å². The van der Waals surface area contributed by atoms with Crippen molar-refractivity contribution < 1.29 is 4.74 Å². The molecule has 4 heteroatoms. The van der Waals surface area contributed by atoms with Crippen molar-refractivity contribution in [2.24, 2.45) is 5.73 Å². The Bertz CT molecular complexity index is 452. The number of hydrogen-bond donors (Lipinski definition) is 1. The summed E-state index contributed by atoms with van der Waals surface area (Å²) in [5.74, 6) is 0. The number of nitrogens with two attached hydrogens (primary N) is 1. The number of ether oxygens (including phenoxy) is 1. The second-order valence-corrected chi connectivity index (χ2v) is 6.59. The van der Waals surface area contributed by atoms with Gasteiger partial charge in [-0.3, -0.25) is 4.90 Å². The van der Waals surface area contributed by atoms with Crippen molar-refractivity contribution in [3.8, 4) is 0 Å². The lowest BCUT2D eigenvalue weighted by Crippen LogP contribution is -2.56. The quantitative estimate of drug-likeness (QED) is 0.874. The van der Waals surface area contributed by atoms with Crippen LogP contribution in [0.3, 0.4) is 0 Å². The van der Waals surface area contributed by atoms with E-state index in [-0.39, 0.29) is 5.54 Å². The van der Waals surface area contributed by atoms with Crippen LogP contribution >= 0.6 is 11.6 Å². The molecule has 1 heterocycles. The van der Waals surface area contributed by atoms with Crippen LogP contribution < -0.4 is 5.73 Å². The molecule has 2 N–H and O–H groups in total. The first-order valence-corrected chi connectivity index (χ1v) is 8.25. The Morgan fingerprint density at radius 2 is 2.29 bits per heavy atom. The molecule has 118 valence electrons. The average Bonchev–Trinajstić information content (AvgIpc) is 2.47. The molecule has 2 rings (SSSR count). The van der Waals surface area contributed by atoms with Gasteiger partial charge in [0.1, 0.15) is 0 Å². The third-order valence-electron chi connectivity index (χ3n) is 4.64. The summed E-state index contributed by atoms with van der Waals surface area (Å²) in [7, 11) is 2.17. The van der Waals surface area contributed by atoms with Crippen LogP contribution in [0.4, 0.5) is 0 Å². The summed E-state index contributed by atoms with van der Waals surface area (Å²) < 4.78 is 5.89. The second-order valence-electron chi connectivity index (χ2n) is 6.15. The van der Waals surface area contributed by atoms with Crippen LogP contribution in [0.15, 0.2) is 24.3 Å². The van der Waals surface area contributed by atoms with Gasteiger partial charge in [-0.2, -0.15) is 0 Å². The van der Waals surface area contributed by atoms with Gasteiger partial charge in [0, 0.05) is 30.3 Å². The van der Waals surface area contributed by atoms with Crippen LogP contribution in [-0.4, -0.2) is 36.7 Å². The molecule has 21 heavy (non-hydrogen) atoms. The van der Waals surface area contributed by atoms with E-state index in [0.29, 0.717) is 12.6 Å². The molecule has 0 aliphatic carbocycles. The number of likely N-dealkylation sites (N-methyl/N-ethyl adjacent to an activating group) is 1. The molecule has 0 spiro atoms. The number of benzene rings is 1. The van der Waals surface area contributed by atoms with Crippen molar-refractivity contribution in [3.05, 3.63) is 34.9 Å². The van der Waals surface area contributed by atoms with E-state index in [2.05, 4.69) is 24.9 Å². The van der Waals surface area contributed by atoms with Gasteiger partial charge in [0.25, 0.3) is 0 Å². The van der Waals surface area contributed by atoms with E-state index in [1.807, 2.05) is 18.2 Å². The van der Waals surface area contributed by atoms with Gasteiger partial charge in [-0.15, -0.1) is 0 Å². The third-order valence-corrected chi connectivity index (χ3v) is 4.87. The van der Waals surface area contributed by atoms with E-state index in [9.17, 15) is 0 Å². The first-order valence-electron chi connectivity index (χ1n) is 7.87. The largest absolute Gasteiger partial charge is 0.378 e. The zero-order valence-corrected chi connectivity index (χ0v) is 13.9. The zero-order chi connectivity index (χ0) is 15.3. The van der Waals surface area contributed by atoms with Gasteiger partial charge >= 0.3 is 0 Å². The van der Waals surface area contributed by atoms with Crippen molar-refractivity contribution >= 4 is 11.6 Å². The Morgan fingerprint density at radius 1 is 1.48 bits per heavy atom. The molecule has 0 amide bonds. The molecule has 0 saturated carbocycles. The van der Waals surface area contributed by atoms with Crippen LogP contribution in [0.25, 0.3) is 0 Å². The Kier molecular flexibility index (Phi) is 6.06. The Balaban J connectivity index is 2.08. The molecule has 1 aliphatic rings. The van der Waals surface area contributed by atoms with Crippen LogP contribution in [0.2, 0.25) is 5.02 Å². The summed E-state index contributed by atoms with van der Waals surface area (Å²) in [6, 6.07) is 8.07. The van der Waals surface area contributed by atoms with Gasteiger partial charge in [0.2, 0.25) is 0 Å². The molecule has 1 aromatic carbocycles. The molecular weight excluding hydrogens is 284 g/mol. The average molecular weight is 311 g/mol. The number of rotatable bonds is 6. The minimum Gasteiger partial charge on any atom is -0.378 e. The summed E-state index contributed by atoms with van der Waals surface area (Å²) >= 11 is 6.08. The van der Waals surface area contributed by atoms with E-state index < -0.39 is 0 Å². The van der Waals surface area contributed by atoms with Crippen molar-refractivity contribution in [3.63, 3.8) is 0 Å². The Labute approximate surface area is 133 Å². The van der Waals surface area contributed by atoms with Crippen LogP contribution in [0.5, 0.6) is 0 Å². The fourth-order valence-corrected chi connectivity index (χ4v) is 3.49. The molecule has 2 unspecified atom stereocenters. The highest BCUT2D eigenvalue weighted by molar-refractivity contribution is 6.30. The minimum absolute atomic E-state index is 0.0421. The SMILES string of the molecule is CCCC1CC(CN)(N(C)Cc2cccc(Cl)c2)CCO1. The highest BCUT2D eigenvalue weighted by atomic mass is 35.5. The standard InChI is InChI=1S/C17H27ClN2O/c1-3-5-16-11-17(13-19,8-9-21-16)20(2)12-14-6-4-7-15(18)10-14/h4,6-7,10,16H,3,5,8-9,11-13,19H2,1-2H3. The lowest BCUT2D eigenvalue weighted by Gasteiger charge is -2.46. The maximum atomic E-state index is 6.16. The van der Waals surface area contributed by atoms with E-state index in [4.69, 9.17) is 22.1 Å². The maximum Gasteiger partial charge on any atom is 0.0593 e. The second kappa shape index (κ2) is 7.59. The van der Waals surface area contributed by atoms with Gasteiger partial charge in [-0.05, 0) is 44.0 Å². The first kappa shape index (κ1) is 16.8. The van der Waals surface area contributed by atoms with Gasteiger partial charge in [0.05, 0.1) is 6.10 Å². The van der Waals surface area contributed by atoms with Crippen molar-refractivity contribution in [2.75, 3.05) is 20.2 Å². The fourth-order valence-electron chi connectivity index (χ4n) is 3.27. The number of halogens is 1. The summed E-state index contributed by atoms with van der Waals surface area (Å²) in [6.45, 7) is 4.56. The summed E-state index contributed by atoms with van der Waals surface area (Å²) in [5, 5.41) is 0.790. The van der Waals surface area contributed by atoms with E-state index in [1.54, 1.807) is 0 Å². The Morgan fingerprint density at radius 3 is 2.95 bits per heavy atom. The highest BCUT2D eigenvalue weighted by Crippen LogP contribution is 2.32. The van der Waals surface area contributed by atoms with Crippen LogP contribution in [-0.2, 0) is 11.3 Å². The molecule has 0 aromatic heterocycles. The summed E-state index contributed by atoms with van der Waals surface area (Å²) in [6.07, 6.45) is 4.64. The van der Waals surface area contributed by atoms with Crippen molar-refractivity contribution in [1.29, 1.82) is 0 Å². The predicted octanol–water partition coefficient (Wildman–Crippen LogP) is 3.45.